The first-order valence-electron chi connectivity index (χ1n) is 11.6. The summed E-state index contributed by atoms with van der Waals surface area (Å²) in [6.07, 6.45) is 2.79. The Kier molecular flexibility index (Phi) is 2.86. The molecule has 3 aromatic heterocycles. The van der Waals surface area contributed by atoms with Crippen LogP contribution in [0.25, 0.3) is 15.5 Å². The van der Waals surface area contributed by atoms with Gasteiger partial charge in [0.1, 0.15) is 10.8 Å². The lowest BCUT2D eigenvalue weighted by molar-refractivity contribution is -0.114. The highest BCUT2D eigenvalue weighted by Crippen LogP contribution is 2.26. The number of hydrogen-bond acceptors (Lipinski definition) is 9. The minimum Gasteiger partial charge on any atom is -0.354 e. The SMILES string of the molecule is [2H]C1([2H])NC([2H])([2H])C([2H])([2H])N(c2cc(=O)n3nc(-c4cncc(NC(=O)CN)c4)sc3n2)C1([2H])[2H]. The summed E-state index contributed by atoms with van der Waals surface area (Å²) in [4.78, 5) is 32.5. The maximum absolute atomic E-state index is 12.8. The first-order valence-corrected chi connectivity index (χ1v) is 8.38. The number of aromatic nitrogens is 4. The van der Waals surface area contributed by atoms with Gasteiger partial charge in [-0.2, -0.15) is 9.61 Å². The number of nitrogens with two attached hydrogens (primary N) is 1. The Bertz CT molecular complexity index is 1350. The maximum atomic E-state index is 12.8. The first-order chi connectivity index (χ1) is 16.1. The summed E-state index contributed by atoms with van der Waals surface area (Å²) in [5.41, 5.74) is 5.18. The fourth-order valence-corrected chi connectivity index (χ4v) is 3.09. The minimum atomic E-state index is -3.15. The predicted octanol–water partition coefficient (Wildman–Crippen LogP) is -0.480. The number of pyridine rings is 1. The van der Waals surface area contributed by atoms with Gasteiger partial charge in [0.25, 0.3) is 5.56 Å². The quantitative estimate of drug-likeness (QED) is 0.541. The van der Waals surface area contributed by atoms with Crippen molar-refractivity contribution in [1.29, 1.82) is 0 Å². The third kappa shape index (κ3) is 3.65. The van der Waals surface area contributed by atoms with Crippen molar-refractivity contribution >= 4 is 33.7 Å². The fourth-order valence-electron chi connectivity index (χ4n) is 2.21. The van der Waals surface area contributed by atoms with E-state index in [2.05, 4.69) is 20.4 Å². The van der Waals surface area contributed by atoms with Crippen LogP contribution >= 0.6 is 11.3 Å². The molecule has 1 aliphatic rings. The smallest absolute Gasteiger partial charge is 0.277 e. The van der Waals surface area contributed by atoms with Crippen molar-refractivity contribution in [3.05, 3.63) is 34.9 Å². The monoisotopic (exact) mass is 394 g/mol. The normalized spacial score (nSPS) is 26.3. The van der Waals surface area contributed by atoms with Crippen LogP contribution in [0, 0.1) is 0 Å². The number of carbonyl (C=O) groups is 1. The molecule has 0 aromatic carbocycles. The third-order valence-corrected chi connectivity index (χ3v) is 4.33. The molecule has 0 bridgehead atoms. The molecule has 1 amide bonds. The molecule has 1 aliphatic heterocycles. The fraction of sp³-hybridized carbons (Fsp3) is 0.312. The summed E-state index contributed by atoms with van der Waals surface area (Å²) in [6, 6.07) is 2.28. The lowest BCUT2D eigenvalue weighted by Crippen LogP contribution is -2.44. The summed E-state index contributed by atoms with van der Waals surface area (Å²) >= 11 is 0.865. The Hall–Kier alpha value is -2.89. The minimum absolute atomic E-state index is 0.0925. The highest BCUT2D eigenvalue weighted by Gasteiger charge is 2.16. The number of nitrogens with one attached hydrogen (secondary N) is 2. The van der Waals surface area contributed by atoms with Crippen molar-refractivity contribution in [2.45, 2.75) is 0 Å². The summed E-state index contributed by atoms with van der Waals surface area (Å²) < 4.78 is 65.4. The lowest BCUT2D eigenvalue weighted by Gasteiger charge is -2.27. The van der Waals surface area contributed by atoms with Gasteiger partial charge in [-0.25, -0.2) is 4.98 Å². The highest BCUT2D eigenvalue weighted by atomic mass is 32.1. The third-order valence-electron chi connectivity index (χ3n) is 3.38. The summed E-state index contributed by atoms with van der Waals surface area (Å²) in [6.45, 7) is -12.6. The van der Waals surface area contributed by atoms with Gasteiger partial charge in [0, 0.05) is 49.3 Å². The molecule has 0 spiro atoms. The molecule has 4 heterocycles. The van der Waals surface area contributed by atoms with Gasteiger partial charge in [-0.3, -0.25) is 14.6 Å². The predicted molar refractivity (Wildman–Crippen MR) is 103 cm³/mol. The molecule has 10 nitrogen and oxygen atoms in total. The zero-order valence-electron chi connectivity index (χ0n) is 21.6. The van der Waals surface area contributed by atoms with E-state index in [1.54, 1.807) is 5.32 Å². The molecule has 4 N–H and O–H groups in total. The van der Waals surface area contributed by atoms with Gasteiger partial charge >= 0.3 is 0 Å². The molecule has 0 saturated carbocycles. The topological polar surface area (TPSA) is 131 Å². The van der Waals surface area contributed by atoms with Crippen LogP contribution in [0.5, 0.6) is 0 Å². The lowest BCUT2D eigenvalue weighted by atomic mass is 10.3. The van der Waals surface area contributed by atoms with Crippen molar-refractivity contribution in [2.24, 2.45) is 5.73 Å². The van der Waals surface area contributed by atoms with E-state index in [1.165, 1.54) is 18.5 Å². The van der Waals surface area contributed by atoms with Gasteiger partial charge < -0.3 is 21.3 Å². The number of piperazine rings is 1. The molecular weight excluding hydrogens is 368 g/mol. The Morgan fingerprint density at radius 1 is 1.37 bits per heavy atom. The van der Waals surface area contributed by atoms with E-state index in [0.717, 1.165) is 21.9 Å². The molecular formula is C16H18N8O2S. The molecule has 4 rings (SSSR count). The largest absolute Gasteiger partial charge is 0.354 e. The van der Waals surface area contributed by atoms with E-state index in [4.69, 9.17) is 16.7 Å². The van der Waals surface area contributed by atoms with Crippen LogP contribution in [0.3, 0.4) is 0 Å². The van der Waals surface area contributed by atoms with Crippen LogP contribution in [-0.4, -0.2) is 58.0 Å². The van der Waals surface area contributed by atoms with Gasteiger partial charge in [0.2, 0.25) is 10.9 Å². The van der Waals surface area contributed by atoms with Crippen LogP contribution in [-0.2, 0) is 4.79 Å². The van der Waals surface area contributed by atoms with E-state index in [9.17, 15) is 9.59 Å². The number of fused-ring (bicyclic) bond motifs is 1. The maximum Gasteiger partial charge on any atom is 0.277 e. The number of carbonyl (C=O) groups excluding carboxylic acids is 1. The van der Waals surface area contributed by atoms with Crippen LogP contribution in [0.4, 0.5) is 11.5 Å². The molecule has 0 radical (unpaired) electrons. The van der Waals surface area contributed by atoms with Gasteiger partial charge in [-0.15, -0.1) is 0 Å². The average Bonchev–Trinajstić information content (AvgIpc) is 3.17. The second-order valence-electron chi connectivity index (χ2n) is 5.20. The van der Waals surface area contributed by atoms with Crippen LogP contribution in [0.2, 0.25) is 0 Å². The zero-order chi connectivity index (χ0) is 26.0. The molecule has 0 atom stereocenters. The molecule has 1 saturated heterocycles. The van der Waals surface area contributed by atoms with E-state index in [-0.39, 0.29) is 21.4 Å². The van der Waals surface area contributed by atoms with E-state index in [1.807, 2.05) is 0 Å². The molecule has 27 heavy (non-hydrogen) atoms. The van der Waals surface area contributed by atoms with Crippen molar-refractivity contribution in [3.63, 3.8) is 0 Å². The molecule has 3 aromatic rings. The average molecular weight is 394 g/mol. The number of hydrogen-bond donors (Lipinski definition) is 3. The van der Waals surface area contributed by atoms with Crippen LogP contribution in [0.1, 0.15) is 11.0 Å². The van der Waals surface area contributed by atoms with Gasteiger partial charge in [-0.1, -0.05) is 11.3 Å². The van der Waals surface area contributed by atoms with Crippen molar-refractivity contribution in [3.8, 4) is 10.6 Å². The standard InChI is InChI=1S/C16H18N8O2S/c17-7-13(25)20-11-5-10(8-19-9-11)15-22-24-14(26)6-12(21-16(24)27-15)23-3-1-18-2-4-23/h5-6,8-9,18H,1-4,7,17H2,(H,20,25)/i1D2,2D2,3D2,4D2. The summed E-state index contributed by atoms with van der Waals surface area (Å²) in [5, 5.41) is 8.65. The van der Waals surface area contributed by atoms with Crippen LogP contribution in [0.15, 0.2) is 29.3 Å². The number of amides is 1. The highest BCUT2D eigenvalue weighted by molar-refractivity contribution is 7.19. The summed E-state index contributed by atoms with van der Waals surface area (Å²) in [7, 11) is 0. The summed E-state index contributed by atoms with van der Waals surface area (Å²) in [5.74, 6) is -1.06. The van der Waals surface area contributed by atoms with Crippen LogP contribution < -0.4 is 26.8 Å². The van der Waals surface area contributed by atoms with Crippen molar-refractivity contribution in [1.82, 2.24) is 24.9 Å². The van der Waals surface area contributed by atoms with E-state index < -0.39 is 43.3 Å². The number of rotatable bonds is 4. The van der Waals surface area contributed by atoms with Crippen molar-refractivity contribution < 1.29 is 15.8 Å². The van der Waals surface area contributed by atoms with Crippen molar-refractivity contribution in [2.75, 3.05) is 42.7 Å². The second kappa shape index (κ2) is 7.39. The molecule has 1 fully saturated rings. The second-order valence-corrected chi connectivity index (χ2v) is 6.16. The molecule has 11 heteroatoms. The van der Waals surface area contributed by atoms with E-state index in [0.29, 0.717) is 11.3 Å². The first kappa shape index (κ1) is 10.4. The Morgan fingerprint density at radius 2 is 2.19 bits per heavy atom. The number of anilines is 2. The Morgan fingerprint density at radius 3 is 2.96 bits per heavy atom. The zero-order valence-corrected chi connectivity index (χ0v) is 14.4. The van der Waals surface area contributed by atoms with Gasteiger partial charge in [0.05, 0.1) is 23.9 Å². The molecule has 140 valence electrons. The number of nitrogens with zero attached hydrogens (tertiary/aromatic N) is 5. The Balaban J connectivity index is 1.83. The Labute approximate surface area is 169 Å². The molecule has 0 unspecified atom stereocenters. The molecule has 0 aliphatic carbocycles. The van der Waals surface area contributed by atoms with E-state index >= 15 is 0 Å². The van der Waals surface area contributed by atoms with Gasteiger partial charge in [0.15, 0.2) is 0 Å². The van der Waals surface area contributed by atoms with Gasteiger partial charge in [-0.05, 0) is 6.07 Å².